The molecule has 0 unspecified atom stereocenters. The largest absolute Gasteiger partial charge is 0.496 e. The maximum atomic E-state index is 5.45. The normalized spacial score (nSPS) is 18.5. The number of methoxy groups -OCH3 is 1. The summed E-state index contributed by atoms with van der Waals surface area (Å²) in [6.07, 6.45) is 5.92. The van der Waals surface area contributed by atoms with Crippen LogP contribution in [0.5, 0.6) is 5.75 Å². The summed E-state index contributed by atoms with van der Waals surface area (Å²) in [5.41, 5.74) is 3.54. The van der Waals surface area contributed by atoms with Crippen molar-refractivity contribution in [1.82, 2.24) is 10.3 Å². The Balaban J connectivity index is 1.25. The smallest absolute Gasteiger partial charge is 0.128 e. The topological polar surface area (TPSA) is 49.4 Å². The lowest BCUT2D eigenvalue weighted by Gasteiger charge is -2.30. The summed E-state index contributed by atoms with van der Waals surface area (Å²) in [5.74, 6) is 2.74. The van der Waals surface area contributed by atoms with Crippen molar-refractivity contribution in [2.45, 2.75) is 38.1 Å². The highest BCUT2D eigenvalue weighted by Crippen LogP contribution is 2.30. The van der Waals surface area contributed by atoms with Gasteiger partial charge in [-0.2, -0.15) is 0 Å². The van der Waals surface area contributed by atoms with E-state index in [4.69, 9.17) is 9.72 Å². The van der Waals surface area contributed by atoms with Gasteiger partial charge in [0, 0.05) is 37.3 Å². The average Bonchev–Trinajstić information content (AvgIpc) is 2.82. The minimum Gasteiger partial charge on any atom is -0.496 e. The van der Waals surface area contributed by atoms with Gasteiger partial charge in [0.1, 0.15) is 11.6 Å². The molecule has 170 valence electrons. The second-order valence-corrected chi connectivity index (χ2v) is 9.07. The Morgan fingerprint density at radius 2 is 1.75 bits per heavy atom. The molecule has 1 heterocycles. The van der Waals surface area contributed by atoms with E-state index in [-0.39, 0.29) is 0 Å². The summed E-state index contributed by atoms with van der Waals surface area (Å²) < 4.78 is 5.45. The van der Waals surface area contributed by atoms with Crippen LogP contribution >= 0.6 is 0 Å². The van der Waals surface area contributed by atoms with Crippen molar-refractivity contribution < 1.29 is 4.74 Å². The van der Waals surface area contributed by atoms with Gasteiger partial charge in [-0.05, 0) is 68.8 Å². The third kappa shape index (κ3) is 5.52. The lowest BCUT2D eigenvalue weighted by Crippen LogP contribution is -2.32. The van der Waals surface area contributed by atoms with Crippen molar-refractivity contribution in [3.63, 3.8) is 0 Å². The Kier molecular flexibility index (Phi) is 7.48. The first-order valence-electron chi connectivity index (χ1n) is 11.8. The molecule has 0 saturated heterocycles. The first kappa shape index (κ1) is 22.4. The molecule has 0 amide bonds. The molecule has 1 fully saturated rings. The van der Waals surface area contributed by atoms with Crippen LogP contribution in [0.4, 0.5) is 11.5 Å². The van der Waals surface area contributed by atoms with Gasteiger partial charge in [0.05, 0.1) is 12.6 Å². The number of ether oxygens (including phenoxy) is 1. The number of benzene rings is 2. The number of pyridine rings is 1. The summed E-state index contributed by atoms with van der Waals surface area (Å²) in [6, 6.07) is 19.4. The molecule has 32 heavy (non-hydrogen) atoms. The van der Waals surface area contributed by atoms with E-state index < -0.39 is 0 Å². The summed E-state index contributed by atoms with van der Waals surface area (Å²) in [6.45, 7) is 2.09. The van der Waals surface area contributed by atoms with Gasteiger partial charge in [0.25, 0.3) is 0 Å². The summed E-state index contributed by atoms with van der Waals surface area (Å²) in [7, 11) is 5.93. The second kappa shape index (κ2) is 10.7. The molecule has 5 nitrogen and oxygen atoms in total. The van der Waals surface area contributed by atoms with Crippen LogP contribution in [0.15, 0.2) is 54.6 Å². The van der Waals surface area contributed by atoms with Crippen LogP contribution in [0.1, 0.15) is 31.2 Å². The number of hydrogen-bond donors (Lipinski definition) is 2. The van der Waals surface area contributed by atoms with Crippen molar-refractivity contribution in [2.24, 2.45) is 5.92 Å². The summed E-state index contributed by atoms with van der Waals surface area (Å²) in [5, 5.41) is 8.58. The highest BCUT2D eigenvalue weighted by Gasteiger charge is 2.21. The zero-order valence-electron chi connectivity index (χ0n) is 19.6. The third-order valence-electron chi connectivity index (χ3n) is 6.57. The molecule has 3 aromatic rings. The number of rotatable bonds is 9. The molecular formula is C27H36N4O. The Morgan fingerprint density at radius 3 is 2.53 bits per heavy atom. The van der Waals surface area contributed by atoms with Crippen molar-refractivity contribution in [1.29, 1.82) is 0 Å². The van der Waals surface area contributed by atoms with Crippen LogP contribution in [-0.2, 0) is 6.42 Å². The van der Waals surface area contributed by atoms with Crippen molar-refractivity contribution in [3.05, 3.63) is 60.2 Å². The fourth-order valence-corrected chi connectivity index (χ4v) is 4.76. The first-order valence-corrected chi connectivity index (χ1v) is 11.8. The standard InChI is InChI=1S/C27H36N4O/c1-31(2)25-18-27(30-24-10-6-5-9-23(24)25)29-22-14-12-20(13-15-22)19-28-17-16-21-8-4-7-11-26(21)32-3/h4-11,18,20,22,28H,12-17,19H2,1-3H3,(H,29,30)/t20-,22+. The monoisotopic (exact) mass is 432 g/mol. The molecule has 4 rings (SSSR count). The molecule has 1 aromatic heterocycles. The molecule has 0 spiro atoms. The molecule has 0 bridgehead atoms. The summed E-state index contributed by atoms with van der Waals surface area (Å²) in [4.78, 5) is 7.04. The molecule has 2 aromatic carbocycles. The maximum absolute atomic E-state index is 5.45. The van der Waals surface area contributed by atoms with Crippen LogP contribution in [0.3, 0.4) is 0 Å². The Bertz CT molecular complexity index is 1010. The van der Waals surface area contributed by atoms with Gasteiger partial charge in [0.2, 0.25) is 0 Å². The Labute approximate surface area is 192 Å². The predicted molar refractivity (Wildman–Crippen MR) is 135 cm³/mol. The molecule has 1 saturated carbocycles. The van der Waals surface area contributed by atoms with Crippen molar-refractivity contribution in [2.75, 3.05) is 44.5 Å². The van der Waals surface area contributed by atoms with Crippen LogP contribution < -0.4 is 20.3 Å². The minimum atomic E-state index is 0.503. The van der Waals surface area contributed by atoms with Gasteiger partial charge >= 0.3 is 0 Å². The van der Waals surface area contributed by atoms with Crippen LogP contribution in [0.2, 0.25) is 0 Å². The molecule has 0 atom stereocenters. The molecule has 5 heteroatoms. The van der Waals surface area contributed by atoms with Crippen LogP contribution in [0.25, 0.3) is 10.9 Å². The lowest BCUT2D eigenvalue weighted by atomic mass is 9.86. The molecule has 0 aliphatic heterocycles. The highest BCUT2D eigenvalue weighted by molar-refractivity contribution is 5.93. The van der Waals surface area contributed by atoms with Gasteiger partial charge < -0.3 is 20.3 Å². The number of nitrogens with one attached hydrogen (secondary N) is 2. The Morgan fingerprint density at radius 1 is 1.00 bits per heavy atom. The average molecular weight is 433 g/mol. The molecule has 2 N–H and O–H groups in total. The fourth-order valence-electron chi connectivity index (χ4n) is 4.76. The van der Waals surface area contributed by atoms with Crippen LogP contribution in [-0.4, -0.2) is 45.3 Å². The maximum Gasteiger partial charge on any atom is 0.128 e. The second-order valence-electron chi connectivity index (χ2n) is 9.07. The number of anilines is 2. The lowest BCUT2D eigenvalue weighted by molar-refractivity contribution is 0.325. The van der Waals surface area contributed by atoms with E-state index in [0.29, 0.717) is 6.04 Å². The number of aromatic nitrogens is 1. The SMILES string of the molecule is COc1ccccc1CCNC[C@H]1CC[C@@H](Nc2cc(N(C)C)c3ccccc3n2)CC1. The van der Waals surface area contributed by atoms with Gasteiger partial charge in [0.15, 0.2) is 0 Å². The van der Waals surface area contributed by atoms with Crippen molar-refractivity contribution in [3.8, 4) is 5.75 Å². The zero-order valence-corrected chi connectivity index (χ0v) is 19.6. The first-order chi connectivity index (χ1) is 15.6. The predicted octanol–water partition coefficient (Wildman–Crippen LogP) is 5.11. The highest BCUT2D eigenvalue weighted by atomic mass is 16.5. The van der Waals surface area contributed by atoms with Gasteiger partial charge in [-0.15, -0.1) is 0 Å². The molecule has 1 aliphatic rings. The third-order valence-corrected chi connectivity index (χ3v) is 6.57. The van der Waals surface area contributed by atoms with E-state index in [1.165, 1.54) is 42.3 Å². The van der Waals surface area contributed by atoms with E-state index in [1.54, 1.807) is 7.11 Å². The summed E-state index contributed by atoms with van der Waals surface area (Å²) >= 11 is 0. The number of fused-ring (bicyclic) bond motifs is 1. The van der Waals surface area contributed by atoms with Gasteiger partial charge in [-0.1, -0.05) is 36.4 Å². The molecule has 0 radical (unpaired) electrons. The number of para-hydroxylation sites is 2. The van der Waals surface area contributed by atoms with Crippen molar-refractivity contribution >= 4 is 22.4 Å². The quantitative estimate of drug-likeness (QED) is 0.460. The molecule has 1 aliphatic carbocycles. The van der Waals surface area contributed by atoms with E-state index in [2.05, 4.69) is 72.1 Å². The molecular weight excluding hydrogens is 396 g/mol. The van der Waals surface area contributed by atoms with E-state index in [0.717, 1.165) is 42.5 Å². The van der Waals surface area contributed by atoms with E-state index >= 15 is 0 Å². The minimum absolute atomic E-state index is 0.503. The van der Waals surface area contributed by atoms with Crippen LogP contribution in [0, 0.1) is 5.92 Å². The number of hydrogen-bond acceptors (Lipinski definition) is 5. The van der Waals surface area contributed by atoms with Gasteiger partial charge in [-0.25, -0.2) is 4.98 Å². The number of nitrogens with zero attached hydrogens (tertiary/aromatic N) is 2. The van der Waals surface area contributed by atoms with Gasteiger partial charge in [-0.3, -0.25) is 0 Å². The fraction of sp³-hybridized carbons (Fsp3) is 0.444. The zero-order chi connectivity index (χ0) is 22.3. The van der Waals surface area contributed by atoms with E-state index in [9.17, 15) is 0 Å². The van der Waals surface area contributed by atoms with E-state index in [1.807, 2.05) is 12.1 Å². The Hall–Kier alpha value is -2.79.